The van der Waals surface area contributed by atoms with Crippen LogP contribution in [0.1, 0.15) is 12.5 Å². The number of anilines is 1. The molecule has 0 radical (unpaired) electrons. The summed E-state index contributed by atoms with van der Waals surface area (Å²) in [5.74, 6) is 0.456. The minimum atomic E-state index is -0.283. The van der Waals surface area contributed by atoms with Crippen LogP contribution in [0.15, 0.2) is 88.8 Å². The first-order valence-corrected chi connectivity index (χ1v) is 13.0. The minimum Gasteiger partial charge on any atom is -0.493 e. The van der Waals surface area contributed by atoms with E-state index in [4.69, 9.17) is 14.2 Å². The molecule has 38 heavy (non-hydrogen) atoms. The molecule has 0 aliphatic carbocycles. The summed E-state index contributed by atoms with van der Waals surface area (Å²) in [6, 6.07) is 24.0. The van der Waals surface area contributed by atoms with Crippen LogP contribution in [0.5, 0.6) is 11.5 Å². The normalized spacial score (nSPS) is 15.2. The molecule has 8 nitrogen and oxygen atoms in total. The molecule has 0 saturated carbocycles. The van der Waals surface area contributed by atoms with Crippen molar-refractivity contribution in [3.63, 3.8) is 0 Å². The molecule has 3 aromatic carbocycles. The minimum absolute atomic E-state index is 0.138. The average Bonchev–Trinajstić information content (AvgIpc) is 3.22. The third-order valence-electron chi connectivity index (χ3n) is 5.43. The van der Waals surface area contributed by atoms with Crippen molar-refractivity contribution in [2.45, 2.75) is 6.92 Å². The Hall–Kier alpha value is -4.08. The molecule has 1 fully saturated rings. The number of amidine groups is 1. The first-order valence-electron chi connectivity index (χ1n) is 12.2. The number of thioether (sulfide) groups is 1. The number of rotatable bonds is 11. The zero-order valence-corrected chi connectivity index (χ0v) is 22.1. The maximum absolute atomic E-state index is 13.3. The zero-order valence-electron chi connectivity index (χ0n) is 21.3. The van der Waals surface area contributed by atoms with Gasteiger partial charge in [-0.1, -0.05) is 42.5 Å². The summed E-state index contributed by atoms with van der Waals surface area (Å²) in [7, 11) is 1.53. The third-order valence-corrected chi connectivity index (χ3v) is 6.44. The maximum Gasteiger partial charge on any atom is 0.266 e. The van der Waals surface area contributed by atoms with E-state index in [-0.39, 0.29) is 18.4 Å². The van der Waals surface area contributed by atoms with E-state index < -0.39 is 0 Å². The van der Waals surface area contributed by atoms with Crippen molar-refractivity contribution in [3.8, 4) is 11.5 Å². The Labute approximate surface area is 226 Å². The molecular formula is C29H29N3O5S. The molecule has 0 bridgehead atoms. The molecule has 0 unspecified atom stereocenters. The molecule has 1 heterocycles. The van der Waals surface area contributed by atoms with Crippen LogP contribution in [-0.4, -0.2) is 55.4 Å². The third kappa shape index (κ3) is 7.24. The van der Waals surface area contributed by atoms with Gasteiger partial charge in [-0.25, -0.2) is 4.99 Å². The van der Waals surface area contributed by atoms with Crippen LogP contribution in [0.3, 0.4) is 0 Å². The lowest BCUT2D eigenvalue weighted by atomic mass is 10.2. The Balaban J connectivity index is 1.48. The number of para-hydroxylation sites is 2. The number of hydrogen-bond acceptors (Lipinski definition) is 7. The first-order chi connectivity index (χ1) is 18.6. The number of benzene rings is 3. The highest BCUT2D eigenvalue weighted by molar-refractivity contribution is 8.18. The van der Waals surface area contributed by atoms with Crippen LogP contribution >= 0.6 is 11.8 Å². The number of hydrogen-bond donors (Lipinski definition) is 1. The molecule has 1 saturated heterocycles. The van der Waals surface area contributed by atoms with Crippen LogP contribution < -0.4 is 14.8 Å². The predicted molar refractivity (Wildman–Crippen MR) is 151 cm³/mol. The van der Waals surface area contributed by atoms with Crippen molar-refractivity contribution in [2.24, 2.45) is 4.99 Å². The molecule has 4 rings (SSSR count). The molecule has 1 aliphatic rings. The van der Waals surface area contributed by atoms with Gasteiger partial charge in [-0.15, -0.1) is 0 Å². The number of nitrogens with one attached hydrogen (secondary N) is 1. The molecule has 9 heteroatoms. The predicted octanol–water partition coefficient (Wildman–Crippen LogP) is 5.35. The molecule has 1 aliphatic heterocycles. The number of carbonyl (C=O) groups excluding carboxylic acids is 2. The Bertz CT molecular complexity index is 1310. The van der Waals surface area contributed by atoms with Gasteiger partial charge in [0.25, 0.3) is 11.8 Å². The summed E-state index contributed by atoms with van der Waals surface area (Å²) in [5.41, 5.74) is 2.22. The fourth-order valence-corrected chi connectivity index (χ4v) is 4.63. The summed E-state index contributed by atoms with van der Waals surface area (Å²) in [6.07, 6.45) is 1.79. The SMILES string of the molecule is CCOCCN1C(=O)/C(=C/c2ccc(OCC(=O)Nc3ccccc3)c(OC)c2)SC1=Nc1ccccc1. The fraction of sp³-hybridized carbons (Fsp3) is 0.207. The molecule has 0 atom stereocenters. The van der Waals surface area contributed by atoms with Gasteiger partial charge >= 0.3 is 0 Å². The van der Waals surface area contributed by atoms with E-state index in [0.717, 1.165) is 11.3 Å². The van der Waals surface area contributed by atoms with Crippen LogP contribution in [-0.2, 0) is 14.3 Å². The van der Waals surface area contributed by atoms with E-state index in [1.807, 2.05) is 61.5 Å². The van der Waals surface area contributed by atoms with Crippen LogP contribution in [0.25, 0.3) is 6.08 Å². The summed E-state index contributed by atoms with van der Waals surface area (Å²) in [6.45, 7) is 3.14. The van der Waals surface area contributed by atoms with Gasteiger partial charge in [0.1, 0.15) is 0 Å². The smallest absolute Gasteiger partial charge is 0.266 e. The van der Waals surface area contributed by atoms with Crippen molar-refractivity contribution < 1.29 is 23.8 Å². The summed E-state index contributed by atoms with van der Waals surface area (Å²) >= 11 is 1.31. The van der Waals surface area contributed by atoms with Gasteiger partial charge in [-0.3, -0.25) is 14.5 Å². The van der Waals surface area contributed by atoms with Gasteiger partial charge in [0.2, 0.25) is 0 Å². The monoisotopic (exact) mass is 531 g/mol. The van der Waals surface area contributed by atoms with Gasteiger partial charge in [-0.2, -0.15) is 0 Å². The van der Waals surface area contributed by atoms with Gasteiger partial charge in [0.05, 0.1) is 30.9 Å². The second-order valence-corrected chi connectivity index (χ2v) is 9.12. The van der Waals surface area contributed by atoms with E-state index >= 15 is 0 Å². The highest BCUT2D eigenvalue weighted by Crippen LogP contribution is 2.35. The number of aliphatic imine (C=N–C) groups is 1. The standard InChI is InChI=1S/C29H29N3O5S/c1-3-36-17-16-32-28(34)26(38-29(32)31-23-12-8-5-9-13-23)19-21-14-15-24(25(18-21)35-2)37-20-27(33)30-22-10-6-4-7-11-22/h4-15,18-19H,3,16-17,20H2,1-2H3,(H,30,33)/b26-19-,31-29?. The Morgan fingerprint density at radius 1 is 1.03 bits per heavy atom. The highest BCUT2D eigenvalue weighted by atomic mass is 32.2. The van der Waals surface area contributed by atoms with Crippen molar-refractivity contribution in [2.75, 3.05) is 38.8 Å². The van der Waals surface area contributed by atoms with Gasteiger partial charge in [0.15, 0.2) is 23.3 Å². The highest BCUT2D eigenvalue weighted by Gasteiger charge is 2.33. The van der Waals surface area contributed by atoms with Crippen LogP contribution in [0.4, 0.5) is 11.4 Å². The second kappa shape index (κ2) is 13.5. The lowest BCUT2D eigenvalue weighted by Gasteiger charge is -2.15. The van der Waals surface area contributed by atoms with Gasteiger partial charge < -0.3 is 19.5 Å². The number of carbonyl (C=O) groups is 2. The molecule has 0 aromatic heterocycles. The molecular weight excluding hydrogens is 502 g/mol. The molecule has 2 amide bonds. The van der Waals surface area contributed by atoms with E-state index in [0.29, 0.717) is 47.0 Å². The largest absolute Gasteiger partial charge is 0.493 e. The van der Waals surface area contributed by atoms with Crippen molar-refractivity contribution >= 4 is 46.2 Å². The summed E-state index contributed by atoms with van der Waals surface area (Å²) < 4.78 is 16.7. The van der Waals surface area contributed by atoms with Crippen LogP contribution in [0.2, 0.25) is 0 Å². The van der Waals surface area contributed by atoms with Gasteiger partial charge in [0, 0.05) is 12.3 Å². The summed E-state index contributed by atoms with van der Waals surface area (Å²) in [5, 5.41) is 3.38. The lowest BCUT2D eigenvalue weighted by molar-refractivity contribution is -0.122. The zero-order chi connectivity index (χ0) is 26.7. The van der Waals surface area contributed by atoms with Crippen LogP contribution in [0, 0.1) is 0 Å². The number of amides is 2. The average molecular weight is 532 g/mol. The maximum atomic E-state index is 13.3. The second-order valence-electron chi connectivity index (χ2n) is 8.11. The number of nitrogens with zero attached hydrogens (tertiary/aromatic N) is 2. The van der Waals surface area contributed by atoms with Gasteiger partial charge in [-0.05, 0) is 66.7 Å². The van der Waals surface area contributed by atoms with Crippen molar-refractivity contribution in [1.29, 1.82) is 0 Å². The first kappa shape index (κ1) is 27.0. The van der Waals surface area contributed by atoms with E-state index in [2.05, 4.69) is 10.3 Å². The Kier molecular flexibility index (Phi) is 9.55. The molecule has 1 N–H and O–H groups in total. The molecule has 196 valence electrons. The molecule has 3 aromatic rings. The quantitative estimate of drug-likeness (QED) is 0.265. The molecule has 0 spiro atoms. The fourth-order valence-electron chi connectivity index (χ4n) is 3.61. The Morgan fingerprint density at radius 3 is 2.47 bits per heavy atom. The number of methoxy groups -OCH3 is 1. The van der Waals surface area contributed by atoms with E-state index in [9.17, 15) is 9.59 Å². The summed E-state index contributed by atoms with van der Waals surface area (Å²) in [4.78, 5) is 32.4. The lowest BCUT2D eigenvalue weighted by Crippen LogP contribution is -2.32. The topological polar surface area (TPSA) is 89.5 Å². The van der Waals surface area contributed by atoms with Crippen molar-refractivity contribution in [1.82, 2.24) is 4.90 Å². The van der Waals surface area contributed by atoms with E-state index in [1.165, 1.54) is 18.9 Å². The Morgan fingerprint density at radius 2 is 1.76 bits per heavy atom. The van der Waals surface area contributed by atoms with Crippen molar-refractivity contribution in [3.05, 3.63) is 89.3 Å². The number of ether oxygens (including phenoxy) is 3. The van der Waals surface area contributed by atoms with E-state index in [1.54, 1.807) is 35.2 Å².